The molecule has 0 bridgehead atoms. The first-order chi connectivity index (χ1) is 13.2. The molecule has 0 saturated carbocycles. The number of ether oxygens (including phenoxy) is 1. The Bertz CT molecular complexity index is 802. The summed E-state index contributed by atoms with van der Waals surface area (Å²) in [5.74, 6) is -1.63. The van der Waals surface area contributed by atoms with E-state index in [9.17, 15) is 14.0 Å². The van der Waals surface area contributed by atoms with Gasteiger partial charge in [-0.15, -0.1) is 0 Å². The van der Waals surface area contributed by atoms with E-state index in [-0.39, 0.29) is 35.4 Å². The van der Waals surface area contributed by atoms with E-state index in [1.165, 1.54) is 24.3 Å². The lowest BCUT2D eigenvalue weighted by molar-refractivity contribution is -0.140. The monoisotopic (exact) mass is 387 g/mol. The van der Waals surface area contributed by atoms with Gasteiger partial charge in [0.15, 0.2) is 0 Å². The van der Waals surface area contributed by atoms with E-state index in [0.717, 1.165) is 11.1 Å². The zero-order chi connectivity index (χ0) is 20.8. The summed E-state index contributed by atoms with van der Waals surface area (Å²) in [6.07, 6.45) is -1.05. The van der Waals surface area contributed by atoms with Crippen molar-refractivity contribution in [3.05, 3.63) is 71.0 Å². The van der Waals surface area contributed by atoms with Crippen LogP contribution >= 0.6 is 0 Å². The Morgan fingerprint density at radius 2 is 1.46 bits per heavy atom. The molecule has 0 aromatic heterocycles. The van der Waals surface area contributed by atoms with E-state index in [2.05, 4.69) is 5.32 Å². The molecule has 0 aliphatic heterocycles. The Kier molecular flexibility index (Phi) is 7.29. The summed E-state index contributed by atoms with van der Waals surface area (Å²) in [6.45, 7) is 7.44. The molecule has 0 spiro atoms. The third-order valence-corrected chi connectivity index (χ3v) is 4.57. The second-order valence-corrected chi connectivity index (χ2v) is 7.15. The summed E-state index contributed by atoms with van der Waals surface area (Å²) < 4.78 is 19.1. The van der Waals surface area contributed by atoms with Crippen LogP contribution in [0.1, 0.15) is 61.3 Å². The molecule has 0 aliphatic carbocycles. The van der Waals surface area contributed by atoms with Crippen LogP contribution in [0.25, 0.3) is 0 Å². The van der Waals surface area contributed by atoms with Crippen molar-refractivity contribution in [1.29, 1.82) is 0 Å². The van der Waals surface area contributed by atoms with Crippen LogP contribution in [0.15, 0.2) is 48.5 Å². The maximum absolute atomic E-state index is 13.1. The van der Waals surface area contributed by atoms with Gasteiger partial charge in [0.05, 0.1) is 17.7 Å². The van der Waals surface area contributed by atoms with Gasteiger partial charge in [0.25, 0.3) is 0 Å². The maximum Gasteiger partial charge on any atom is 0.335 e. The zero-order valence-corrected chi connectivity index (χ0v) is 16.5. The largest absolute Gasteiger partial charge is 0.478 e. The number of benzene rings is 2. The number of amides is 1. The number of carbonyl (C=O) groups excluding carboxylic acids is 1. The van der Waals surface area contributed by atoms with Crippen molar-refractivity contribution in [3.63, 3.8) is 0 Å². The van der Waals surface area contributed by atoms with Gasteiger partial charge in [0.2, 0.25) is 5.91 Å². The minimum atomic E-state index is -0.994. The van der Waals surface area contributed by atoms with E-state index >= 15 is 0 Å². The van der Waals surface area contributed by atoms with E-state index in [1.807, 2.05) is 27.7 Å². The van der Waals surface area contributed by atoms with Crippen LogP contribution < -0.4 is 5.32 Å². The van der Waals surface area contributed by atoms with Crippen LogP contribution in [0.3, 0.4) is 0 Å². The van der Waals surface area contributed by atoms with Gasteiger partial charge in [0.1, 0.15) is 11.9 Å². The molecule has 1 amide bonds. The van der Waals surface area contributed by atoms with Gasteiger partial charge in [-0.3, -0.25) is 4.79 Å². The molecule has 2 N–H and O–H groups in total. The van der Waals surface area contributed by atoms with Crippen molar-refractivity contribution < 1.29 is 23.8 Å². The number of hydrogen-bond donors (Lipinski definition) is 2. The minimum absolute atomic E-state index is 0.0653. The standard InChI is InChI=1S/C22H26FNO4/c1-13(2)20(28-15(4)17-9-11-19(23)12-10-17)21(25)24-14(3)16-5-7-18(8-6-16)22(26)27/h5-15,20H,1-4H3,(H,24,25)(H,26,27)/t14-,15?,20+/m0/s1. The van der Waals surface area contributed by atoms with Crippen LogP contribution in [0.5, 0.6) is 0 Å². The number of hydrogen-bond acceptors (Lipinski definition) is 3. The third-order valence-electron chi connectivity index (χ3n) is 4.57. The van der Waals surface area contributed by atoms with Crippen molar-refractivity contribution in [2.75, 3.05) is 0 Å². The van der Waals surface area contributed by atoms with Crippen molar-refractivity contribution in [3.8, 4) is 0 Å². The Morgan fingerprint density at radius 1 is 0.929 bits per heavy atom. The number of nitrogens with one attached hydrogen (secondary N) is 1. The lowest BCUT2D eigenvalue weighted by Gasteiger charge is -2.26. The van der Waals surface area contributed by atoms with Crippen LogP contribution in [-0.4, -0.2) is 23.1 Å². The highest BCUT2D eigenvalue weighted by molar-refractivity contribution is 5.87. The molecule has 28 heavy (non-hydrogen) atoms. The van der Waals surface area contributed by atoms with Crippen molar-refractivity contribution in [2.45, 2.75) is 45.9 Å². The number of carboxylic acids is 1. The number of carbonyl (C=O) groups is 2. The molecular weight excluding hydrogens is 361 g/mol. The van der Waals surface area contributed by atoms with E-state index in [1.54, 1.807) is 24.3 Å². The first-order valence-corrected chi connectivity index (χ1v) is 9.23. The molecule has 2 aromatic carbocycles. The molecule has 3 atom stereocenters. The molecule has 2 rings (SSSR count). The normalized spacial score (nSPS) is 14.4. The highest BCUT2D eigenvalue weighted by Gasteiger charge is 2.27. The lowest BCUT2D eigenvalue weighted by atomic mass is 10.0. The summed E-state index contributed by atoms with van der Waals surface area (Å²) in [4.78, 5) is 23.7. The number of rotatable bonds is 8. The molecule has 5 nitrogen and oxygen atoms in total. The van der Waals surface area contributed by atoms with Crippen LogP contribution in [-0.2, 0) is 9.53 Å². The van der Waals surface area contributed by atoms with Gasteiger partial charge in [-0.2, -0.15) is 0 Å². The predicted octanol–water partition coefficient (Wildman–Crippen LogP) is 4.50. The van der Waals surface area contributed by atoms with Gasteiger partial charge in [-0.1, -0.05) is 38.1 Å². The SMILES string of the molecule is CC(O[C@@H](C(=O)N[C@@H](C)c1ccc(C(=O)O)cc1)C(C)C)c1ccc(F)cc1. The van der Waals surface area contributed by atoms with E-state index in [4.69, 9.17) is 9.84 Å². The molecule has 0 radical (unpaired) electrons. The van der Waals surface area contributed by atoms with Crippen molar-refractivity contribution in [2.24, 2.45) is 5.92 Å². The number of aromatic carboxylic acids is 1. The van der Waals surface area contributed by atoms with Gasteiger partial charge in [0, 0.05) is 0 Å². The first kappa shape index (κ1) is 21.6. The van der Waals surface area contributed by atoms with Crippen molar-refractivity contribution >= 4 is 11.9 Å². The summed E-state index contributed by atoms with van der Waals surface area (Å²) >= 11 is 0. The molecule has 0 fully saturated rings. The zero-order valence-electron chi connectivity index (χ0n) is 16.5. The van der Waals surface area contributed by atoms with Gasteiger partial charge < -0.3 is 15.2 Å². The Balaban J connectivity index is 2.05. The topological polar surface area (TPSA) is 75.6 Å². The summed E-state index contributed by atoms with van der Waals surface area (Å²) in [6, 6.07) is 12.1. The van der Waals surface area contributed by atoms with Crippen LogP contribution in [0.4, 0.5) is 4.39 Å². The summed E-state index contributed by atoms with van der Waals surface area (Å²) in [5, 5.41) is 11.9. The molecule has 0 heterocycles. The average Bonchev–Trinajstić information content (AvgIpc) is 2.66. The van der Waals surface area contributed by atoms with Crippen LogP contribution in [0, 0.1) is 11.7 Å². The molecule has 1 unspecified atom stereocenters. The predicted molar refractivity (Wildman–Crippen MR) is 104 cm³/mol. The smallest absolute Gasteiger partial charge is 0.335 e. The molecule has 150 valence electrons. The maximum atomic E-state index is 13.1. The molecule has 2 aromatic rings. The Morgan fingerprint density at radius 3 is 1.96 bits per heavy atom. The van der Waals surface area contributed by atoms with E-state index < -0.39 is 12.1 Å². The summed E-state index contributed by atoms with van der Waals surface area (Å²) in [5.41, 5.74) is 1.78. The Hall–Kier alpha value is -2.73. The fourth-order valence-electron chi connectivity index (χ4n) is 2.85. The molecule has 6 heteroatoms. The third kappa shape index (κ3) is 5.63. The number of halogens is 1. The minimum Gasteiger partial charge on any atom is -0.478 e. The highest BCUT2D eigenvalue weighted by Crippen LogP contribution is 2.23. The first-order valence-electron chi connectivity index (χ1n) is 9.23. The van der Waals surface area contributed by atoms with Gasteiger partial charge in [-0.25, -0.2) is 9.18 Å². The van der Waals surface area contributed by atoms with E-state index in [0.29, 0.717) is 0 Å². The quantitative estimate of drug-likeness (QED) is 0.699. The van der Waals surface area contributed by atoms with Crippen LogP contribution in [0.2, 0.25) is 0 Å². The van der Waals surface area contributed by atoms with Crippen molar-refractivity contribution in [1.82, 2.24) is 5.32 Å². The Labute approximate surface area is 164 Å². The molecule has 0 saturated heterocycles. The summed E-state index contributed by atoms with van der Waals surface area (Å²) in [7, 11) is 0. The molecular formula is C22H26FNO4. The fourth-order valence-corrected chi connectivity index (χ4v) is 2.85. The average molecular weight is 387 g/mol. The second kappa shape index (κ2) is 9.46. The highest BCUT2D eigenvalue weighted by atomic mass is 19.1. The number of carboxylic acid groups (broad SMARTS) is 1. The molecule has 0 aliphatic rings. The second-order valence-electron chi connectivity index (χ2n) is 7.15. The fraction of sp³-hybridized carbons (Fsp3) is 0.364. The lowest BCUT2D eigenvalue weighted by Crippen LogP contribution is -2.41. The van der Waals surface area contributed by atoms with Gasteiger partial charge >= 0.3 is 5.97 Å². The van der Waals surface area contributed by atoms with Gasteiger partial charge in [-0.05, 0) is 55.2 Å².